The summed E-state index contributed by atoms with van der Waals surface area (Å²) >= 11 is 3.41. The van der Waals surface area contributed by atoms with E-state index in [4.69, 9.17) is 4.74 Å². The van der Waals surface area contributed by atoms with E-state index in [0.717, 1.165) is 10.0 Å². The van der Waals surface area contributed by atoms with Crippen LogP contribution >= 0.6 is 15.9 Å². The summed E-state index contributed by atoms with van der Waals surface area (Å²) in [6, 6.07) is 5.11. The van der Waals surface area contributed by atoms with Gasteiger partial charge in [0, 0.05) is 16.6 Å². The summed E-state index contributed by atoms with van der Waals surface area (Å²) in [5, 5.41) is 5.86. The number of nitrogens with zero attached hydrogens (tertiary/aromatic N) is 1. The van der Waals surface area contributed by atoms with Gasteiger partial charge in [0.05, 0.1) is 7.11 Å². The van der Waals surface area contributed by atoms with Crippen molar-refractivity contribution in [2.45, 2.75) is 19.9 Å². The summed E-state index contributed by atoms with van der Waals surface area (Å²) in [4.78, 5) is 16.4. The Kier molecular flexibility index (Phi) is 4.65. The van der Waals surface area contributed by atoms with Gasteiger partial charge in [-0.15, -0.1) is 0 Å². The minimum atomic E-state index is -0.478. The van der Waals surface area contributed by atoms with E-state index in [2.05, 4.69) is 45.4 Å². The van der Waals surface area contributed by atoms with E-state index in [9.17, 15) is 4.79 Å². The molecule has 2 rings (SSSR count). The first-order valence-corrected chi connectivity index (χ1v) is 7.26. The number of halogens is 1. The lowest BCUT2D eigenvalue weighted by atomic mass is 10.1. The third-order valence-corrected chi connectivity index (χ3v) is 3.40. The fourth-order valence-corrected chi connectivity index (χ4v) is 2.31. The Morgan fingerprint density at radius 3 is 2.85 bits per heavy atom. The average Bonchev–Trinajstić information content (AvgIpc) is 2.77. The van der Waals surface area contributed by atoms with E-state index >= 15 is 0 Å². The average molecular weight is 340 g/mol. The van der Waals surface area contributed by atoms with Gasteiger partial charge in [-0.05, 0) is 24.1 Å². The quantitative estimate of drug-likeness (QED) is 0.884. The summed E-state index contributed by atoms with van der Waals surface area (Å²) in [5.74, 6) is 1.52. The number of hydrogen-bond acceptors (Lipinski definition) is 3. The Hall–Kier alpha value is -1.56. The molecule has 1 unspecified atom stereocenters. The van der Waals surface area contributed by atoms with E-state index in [0.29, 0.717) is 24.2 Å². The highest BCUT2D eigenvalue weighted by atomic mass is 79.9. The van der Waals surface area contributed by atoms with Gasteiger partial charge in [0.15, 0.2) is 5.96 Å². The number of guanidine groups is 1. The van der Waals surface area contributed by atoms with Crippen molar-refractivity contribution >= 4 is 27.8 Å². The highest BCUT2D eigenvalue weighted by Crippen LogP contribution is 2.30. The minimum Gasteiger partial charge on any atom is -0.496 e. The monoisotopic (exact) mass is 339 g/mol. The van der Waals surface area contributed by atoms with Crippen molar-refractivity contribution in [1.29, 1.82) is 0 Å². The number of benzene rings is 1. The zero-order chi connectivity index (χ0) is 14.7. The molecule has 2 N–H and O–H groups in total. The van der Waals surface area contributed by atoms with Crippen LogP contribution in [-0.2, 0) is 4.79 Å². The first kappa shape index (κ1) is 14.8. The van der Waals surface area contributed by atoms with Crippen LogP contribution in [0.15, 0.2) is 27.7 Å². The van der Waals surface area contributed by atoms with Gasteiger partial charge in [-0.3, -0.25) is 15.1 Å². The Morgan fingerprint density at radius 1 is 1.45 bits per heavy atom. The molecular weight excluding hydrogens is 322 g/mol. The first-order chi connectivity index (χ1) is 9.51. The molecule has 1 atom stereocenters. The van der Waals surface area contributed by atoms with E-state index in [1.165, 1.54) is 0 Å². The molecule has 1 heterocycles. The largest absolute Gasteiger partial charge is 0.496 e. The lowest BCUT2D eigenvalue weighted by Crippen LogP contribution is -2.26. The Bertz CT molecular complexity index is 543. The standard InChI is InChI=1S/C14H18BrN3O2/c1-8(2)7-16-14-17-12(13(19)18-14)10-6-9(15)4-5-11(10)20-3/h4-6,8,12H,7H2,1-3H3,(H2,16,17,18,19). The summed E-state index contributed by atoms with van der Waals surface area (Å²) in [6.07, 6.45) is 0. The summed E-state index contributed by atoms with van der Waals surface area (Å²) in [6.45, 7) is 4.83. The van der Waals surface area contributed by atoms with Gasteiger partial charge in [0.25, 0.3) is 5.91 Å². The zero-order valence-corrected chi connectivity index (χ0v) is 13.3. The molecule has 1 saturated heterocycles. The molecule has 6 heteroatoms. The number of rotatable bonds is 4. The fraction of sp³-hybridized carbons (Fsp3) is 0.429. The van der Waals surface area contributed by atoms with Crippen LogP contribution < -0.4 is 15.4 Å². The van der Waals surface area contributed by atoms with Crippen molar-refractivity contribution in [1.82, 2.24) is 10.6 Å². The van der Waals surface area contributed by atoms with Crippen molar-refractivity contribution < 1.29 is 9.53 Å². The third kappa shape index (κ3) is 3.30. The van der Waals surface area contributed by atoms with Gasteiger partial charge in [-0.1, -0.05) is 29.8 Å². The van der Waals surface area contributed by atoms with Crippen LogP contribution in [0, 0.1) is 5.92 Å². The molecule has 0 aliphatic carbocycles. The molecule has 108 valence electrons. The van der Waals surface area contributed by atoms with Crippen molar-refractivity contribution in [3.05, 3.63) is 28.2 Å². The second kappa shape index (κ2) is 6.26. The van der Waals surface area contributed by atoms with Gasteiger partial charge in [-0.2, -0.15) is 0 Å². The molecule has 1 aromatic rings. The second-order valence-corrected chi connectivity index (χ2v) is 5.95. The number of aliphatic imine (C=N–C) groups is 1. The van der Waals surface area contributed by atoms with Crippen molar-refractivity contribution in [3.8, 4) is 5.75 Å². The topological polar surface area (TPSA) is 62.7 Å². The SMILES string of the molecule is COc1ccc(Br)cc1C1NC(=NCC(C)C)NC1=O. The Labute approximate surface area is 126 Å². The van der Waals surface area contributed by atoms with Crippen LogP contribution in [0.25, 0.3) is 0 Å². The lowest BCUT2D eigenvalue weighted by molar-refractivity contribution is -0.120. The summed E-state index contributed by atoms with van der Waals surface area (Å²) in [5.41, 5.74) is 0.786. The van der Waals surface area contributed by atoms with Crippen LogP contribution in [0.4, 0.5) is 0 Å². The van der Waals surface area contributed by atoms with E-state index in [-0.39, 0.29) is 5.91 Å². The molecule has 1 aliphatic heterocycles. The first-order valence-electron chi connectivity index (χ1n) is 6.46. The fourth-order valence-electron chi connectivity index (χ4n) is 1.94. The van der Waals surface area contributed by atoms with Gasteiger partial charge in [0.2, 0.25) is 0 Å². The molecule has 1 aliphatic rings. The molecule has 0 saturated carbocycles. The van der Waals surface area contributed by atoms with Crippen molar-refractivity contribution in [2.75, 3.05) is 13.7 Å². The number of methoxy groups -OCH3 is 1. The second-order valence-electron chi connectivity index (χ2n) is 5.04. The van der Waals surface area contributed by atoms with Crippen LogP contribution in [0.2, 0.25) is 0 Å². The van der Waals surface area contributed by atoms with Gasteiger partial charge in [0.1, 0.15) is 11.8 Å². The molecule has 1 amide bonds. The number of nitrogens with one attached hydrogen (secondary N) is 2. The maximum absolute atomic E-state index is 12.1. The minimum absolute atomic E-state index is 0.121. The Morgan fingerprint density at radius 2 is 2.20 bits per heavy atom. The number of hydrogen-bond donors (Lipinski definition) is 2. The highest BCUT2D eigenvalue weighted by Gasteiger charge is 2.31. The van der Waals surface area contributed by atoms with Crippen LogP contribution in [0.5, 0.6) is 5.75 Å². The normalized spacial score (nSPS) is 20.1. The highest BCUT2D eigenvalue weighted by molar-refractivity contribution is 9.10. The lowest BCUT2D eigenvalue weighted by Gasteiger charge is -2.13. The van der Waals surface area contributed by atoms with E-state index in [1.54, 1.807) is 7.11 Å². The molecule has 1 fully saturated rings. The summed E-state index contributed by atoms with van der Waals surface area (Å²) in [7, 11) is 1.59. The number of carbonyl (C=O) groups excluding carboxylic acids is 1. The molecule has 0 aromatic heterocycles. The maximum Gasteiger partial charge on any atom is 0.254 e. The van der Waals surface area contributed by atoms with Crippen molar-refractivity contribution in [3.63, 3.8) is 0 Å². The van der Waals surface area contributed by atoms with E-state index in [1.807, 2.05) is 18.2 Å². The van der Waals surface area contributed by atoms with Crippen molar-refractivity contribution in [2.24, 2.45) is 10.9 Å². The molecule has 0 radical (unpaired) electrons. The molecule has 20 heavy (non-hydrogen) atoms. The summed E-state index contributed by atoms with van der Waals surface area (Å²) < 4.78 is 6.21. The zero-order valence-electron chi connectivity index (χ0n) is 11.7. The molecular formula is C14H18BrN3O2. The van der Waals surface area contributed by atoms with Crippen LogP contribution in [0.1, 0.15) is 25.5 Å². The number of ether oxygens (including phenoxy) is 1. The smallest absolute Gasteiger partial charge is 0.254 e. The number of amides is 1. The van der Waals surface area contributed by atoms with Gasteiger partial charge < -0.3 is 10.1 Å². The van der Waals surface area contributed by atoms with Gasteiger partial charge >= 0.3 is 0 Å². The molecule has 0 bridgehead atoms. The predicted molar refractivity (Wildman–Crippen MR) is 81.9 cm³/mol. The molecule has 5 nitrogen and oxygen atoms in total. The molecule has 1 aromatic carbocycles. The third-order valence-electron chi connectivity index (χ3n) is 2.90. The van der Waals surface area contributed by atoms with E-state index < -0.39 is 6.04 Å². The molecule has 0 spiro atoms. The van der Waals surface area contributed by atoms with Crippen LogP contribution in [0.3, 0.4) is 0 Å². The Balaban J connectivity index is 2.24. The number of carbonyl (C=O) groups is 1. The predicted octanol–water partition coefficient (Wildman–Crippen LogP) is 2.23. The van der Waals surface area contributed by atoms with Crippen LogP contribution in [-0.4, -0.2) is 25.5 Å². The maximum atomic E-state index is 12.1. The van der Waals surface area contributed by atoms with Gasteiger partial charge in [-0.25, -0.2) is 0 Å².